The Balaban J connectivity index is 2.14. The highest BCUT2D eigenvalue weighted by atomic mass is 19.1. The number of hydrogen-bond acceptors (Lipinski definition) is 3. The van der Waals surface area contributed by atoms with Crippen molar-refractivity contribution in [3.63, 3.8) is 0 Å². The zero-order valence-electron chi connectivity index (χ0n) is 9.31. The van der Waals surface area contributed by atoms with Gasteiger partial charge in [-0.2, -0.15) is 0 Å². The number of anilines is 1. The van der Waals surface area contributed by atoms with E-state index in [2.05, 4.69) is 4.98 Å². The Kier molecular flexibility index (Phi) is 3.35. The van der Waals surface area contributed by atoms with Crippen LogP contribution in [-0.4, -0.2) is 4.98 Å². The van der Waals surface area contributed by atoms with Crippen LogP contribution >= 0.6 is 0 Å². The number of hydrogen-bond donors (Lipinski definition) is 2. The van der Waals surface area contributed by atoms with Gasteiger partial charge in [0.05, 0.1) is 0 Å². The largest absolute Gasteiger partial charge is 0.398 e. The van der Waals surface area contributed by atoms with E-state index in [1.807, 2.05) is 0 Å². The number of nitrogen functional groups attached to an aromatic ring is 1. The predicted octanol–water partition coefficient (Wildman–Crippen LogP) is 2.05. The van der Waals surface area contributed by atoms with Crippen LogP contribution in [0, 0.1) is 5.82 Å². The van der Waals surface area contributed by atoms with Crippen LogP contribution in [0.5, 0.6) is 0 Å². The van der Waals surface area contributed by atoms with Gasteiger partial charge in [-0.15, -0.1) is 0 Å². The van der Waals surface area contributed by atoms with E-state index in [0.29, 0.717) is 12.1 Å². The molecule has 1 atom stereocenters. The van der Waals surface area contributed by atoms with E-state index in [-0.39, 0.29) is 11.9 Å². The number of halogens is 1. The smallest absolute Gasteiger partial charge is 0.123 e. The van der Waals surface area contributed by atoms with Crippen molar-refractivity contribution in [3.8, 4) is 0 Å². The normalized spacial score (nSPS) is 12.4. The fraction of sp³-hybridized carbons (Fsp3) is 0.154. The topological polar surface area (TPSA) is 64.9 Å². The Bertz CT molecular complexity index is 496. The molecule has 4 heteroatoms. The Labute approximate surface area is 99.3 Å². The molecule has 0 spiro atoms. The third-order valence-electron chi connectivity index (χ3n) is 2.66. The van der Waals surface area contributed by atoms with Gasteiger partial charge in [0.15, 0.2) is 0 Å². The third kappa shape index (κ3) is 2.79. The molecule has 1 aromatic carbocycles. The van der Waals surface area contributed by atoms with Crippen molar-refractivity contribution < 1.29 is 4.39 Å². The number of nitrogens with zero attached hydrogens (tertiary/aromatic N) is 1. The summed E-state index contributed by atoms with van der Waals surface area (Å²) in [6, 6.07) is 7.79. The summed E-state index contributed by atoms with van der Waals surface area (Å²) >= 11 is 0. The summed E-state index contributed by atoms with van der Waals surface area (Å²) in [5, 5.41) is 0. The van der Waals surface area contributed by atoms with Crippen molar-refractivity contribution in [1.82, 2.24) is 4.98 Å². The molecule has 0 radical (unpaired) electrons. The molecule has 2 rings (SSSR count). The van der Waals surface area contributed by atoms with Crippen LogP contribution in [0.25, 0.3) is 0 Å². The standard InChI is InChI=1S/C13H14FN3/c14-10-3-1-9(2-4-10)7-13(16)11-8-17-6-5-12(11)15/h1-6,8,13H,7,16H2,(H2,15,17). The van der Waals surface area contributed by atoms with Gasteiger partial charge in [-0.25, -0.2) is 4.39 Å². The first-order chi connectivity index (χ1) is 8.16. The summed E-state index contributed by atoms with van der Waals surface area (Å²) in [4.78, 5) is 4.00. The monoisotopic (exact) mass is 231 g/mol. The van der Waals surface area contributed by atoms with E-state index in [1.54, 1.807) is 30.6 Å². The van der Waals surface area contributed by atoms with Gasteiger partial charge in [0, 0.05) is 29.7 Å². The van der Waals surface area contributed by atoms with E-state index < -0.39 is 0 Å². The van der Waals surface area contributed by atoms with Gasteiger partial charge in [-0.05, 0) is 30.2 Å². The average Bonchev–Trinajstić information content (AvgIpc) is 2.32. The van der Waals surface area contributed by atoms with Crippen molar-refractivity contribution in [2.45, 2.75) is 12.5 Å². The van der Waals surface area contributed by atoms with E-state index >= 15 is 0 Å². The fourth-order valence-corrected chi connectivity index (χ4v) is 1.71. The number of benzene rings is 1. The van der Waals surface area contributed by atoms with Gasteiger partial charge < -0.3 is 11.5 Å². The number of nitrogens with two attached hydrogens (primary N) is 2. The van der Waals surface area contributed by atoms with E-state index in [0.717, 1.165) is 11.1 Å². The maximum atomic E-state index is 12.7. The molecule has 17 heavy (non-hydrogen) atoms. The van der Waals surface area contributed by atoms with Gasteiger partial charge in [0.2, 0.25) is 0 Å². The van der Waals surface area contributed by atoms with Crippen LogP contribution in [0.15, 0.2) is 42.7 Å². The average molecular weight is 231 g/mol. The van der Waals surface area contributed by atoms with Crippen molar-refractivity contribution in [2.24, 2.45) is 5.73 Å². The first-order valence-corrected chi connectivity index (χ1v) is 5.36. The Morgan fingerprint density at radius 2 is 1.88 bits per heavy atom. The molecule has 0 saturated carbocycles. The van der Waals surface area contributed by atoms with Crippen molar-refractivity contribution in [3.05, 3.63) is 59.7 Å². The Hall–Kier alpha value is -1.94. The molecule has 2 aromatic rings. The maximum absolute atomic E-state index is 12.7. The molecular weight excluding hydrogens is 217 g/mol. The second kappa shape index (κ2) is 4.93. The summed E-state index contributed by atoms with van der Waals surface area (Å²) in [7, 11) is 0. The van der Waals surface area contributed by atoms with Crippen LogP contribution in [-0.2, 0) is 6.42 Å². The lowest BCUT2D eigenvalue weighted by Gasteiger charge is -2.13. The first kappa shape index (κ1) is 11.5. The molecule has 0 bridgehead atoms. The van der Waals surface area contributed by atoms with Gasteiger partial charge in [0.1, 0.15) is 5.82 Å². The van der Waals surface area contributed by atoms with Crippen LogP contribution in [0.1, 0.15) is 17.2 Å². The fourth-order valence-electron chi connectivity index (χ4n) is 1.71. The molecule has 1 heterocycles. The minimum atomic E-state index is -0.247. The molecule has 4 N–H and O–H groups in total. The summed E-state index contributed by atoms with van der Waals surface area (Å²) in [6.45, 7) is 0. The SMILES string of the molecule is Nc1ccncc1C(N)Cc1ccc(F)cc1. The molecule has 0 aliphatic rings. The maximum Gasteiger partial charge on any atom is 0.123 e. The zero-order chi connectivity index (χ0) is 12.3. The molecule has 0 aliphatic heterocycles. The van der Waals surface area contributed by atoms with Gasteiger partial charge in [-0.1, -0.05) is 12.1 Å². The minimum absolute atomic E-state index is 0.228. The Morgan fingerprint density at radius 3 is 2.53 bits per heavy atom. The lowest BCUT2D eigenvalue weighted by molar-refractivity contribution is 0.625. The highest BCUT2D eigenvalue weighted by molar-refractivity contribution is 5.46. The predicted molar refractivity (Wildman–Crippen MR) is 65.7 cm³/mol. The molecular formula is C13H14FN3. The van der Waals surface area contributed by atoms with E-state index in [1.165, 1.54) is 12.1 Å². The van der Waals surface area contributed by atoms with Crippen molar-refractivity contribution >= 4 is 5.69 Å². The van der Waals surface area contributed by atoms with Crippen LogP contribution in [0.3, 0.4) is 0 Å². The molecule has 88 valence electrons. The molecule has 1 unspecified atom stereocenters. The van der Waals surface area contributed by atoms with Gasteiger partial charge in [0.25, 0.3) is 0 Å². The zero-order valence-corrected chi connectivity index (χ0v) is 9.31. The summed E-state index contributed by atoms with van der Waals surface area (Å²) < 4.78 is 12.7. The van der Waals surface area contributed by atoms with E-state index in [4.69, 9.17) is 11.5 Å². The molecule has 0 aliphatic carbocycles. The minimum Gasteiger partial charge on any atom is -0.398 e. The number of aromatic nitrogens is 1. The molecule has 0 saturated heterocycles. The second-order valence-corrected chi connectivity index (χ2v) is 3.94. The van der Waals surface area contributed by atoms with Gasteiger partial charge >= 0.3 is 0 Å². The van der Waals surface area contributed by atoms with Crippen LogP contribution in [0.4, 0.5) is 10.1 Å². The summed E-state index contributed by atoms with van der Waals surface area (Å²) in [6.07, 6.45) is 3.91. The second-order valence-electron chi connectivity index (χ2n) is 3.94. The molecule has 0 fully saturated rings. The van der Waals surface area contributed by atoms with Gasteiger partial charge in [-0.3, -0.25) is 4.98 Å². The molecule has 0 amide bonds. The van der Waals surface area contributed by atoms with E-state index in [9.17, 15) is 4.39 Å². The Morgan fingerprint density at radius 1 is 1.18 bits per heavy atom. The highest BCUT2D eigenvalue weighted by Gasteiger charge is 2.10. The number of pyridine rings is 1. The molecule has 1 aromatic heterocycles. The summed E-state index contributed by atoms with van der Waals surface area (Å²) in [5.41, 5.74) is 14.3. The number of rotatable bonds is 3. The van der Waals surface area contributed by atoms with Crippen molar-refractivity contribution in [1.29, 1.82) is 0 Å². The van der Waals surface area contributed by atoms with Crippen LogP contribution < -0.4 is 11.5 Å². The summed E-state index contributed by atoms with van der Waals surface area (Å²) in [5.74, 6) is -0.247. The quantitative estimate of drug-likeness (QED) is 0.849. The molecule has 3 nitrogen and oxygen atoms in total. The van der Waals surface area contributed by atoms with Crippen LogP contribution in [0.2, 0.25) is 0 Å². The third-order valence-corrected chi connectivity index (χ3v) is 2.66. The van der Waals surface area contributed by atoms with Crippen molar-refractivity contribution in [2.75, 3.05) is 5.73 Å². The lowest BCUT2D eigenvalue weighted by atomic mass is 10.00. The lowest BCUT2D eigenvalue weighted by Crippen LogP contribution is -2.15. The first-order valence-electron chi connectivity index (χ1n) is 5.36. The highest BCUT2D eigenvalue weighted by Crippen LogP contribution is 2.20.